The zero-order valence-corrected chi connectivity index (χ0v) is 16.2. The van der Waals surface area contributed by atoms with E-state index in [-0.39, 0.29) is 18.1 Å². The van der Waals surface area contributed by atoms with E-state index in [9.17, 15) is 14.4 Å². The quantitative estimate of drug-likeness (QED) is 0.651. The van der Waals surface area contributed by atoms with Crippen LogP contribution in [0.1, 0.15) is 40.2 Å². The normalized spacial score (nSPS) is 13.2. The first kappa shape index (κ1) is 21.5. The third kappa shape index (κ3) is 6.38. The van der Waals surface area contributed by atoms with E-state index in [1.165, 1.54) is 0 Å². The number of hydrogen-bond donors (Lipinski definition) is 3. The number of nitrogens with zero attached hydrogens (tertiary/aromatic N) is 1. The molecule has 0 aliphatic heterocycles. The number of primary amides is 1. The highest BCUT2D eigenvalue weighted by Gasteiger charge is 2.26. The lowest BCUT2D eigenvalue weighted by molar-refractivity contribution is -0.128. The van der Waals surface area contributed by atoms with E-state index in [4.69, 9.17) is 5.73 Å². The molecule has 0 radical (unpaired) electrons. The summed E-state index contributed by atoms with van der Waals surface area (Å²) in [4.78, 5) is 38.1. The molecule has 144 valence electrons. The Balaban J connectivity index is 2.71. The van der Waals surface area contributed by atoms with Gasteiger partial charge in [0.15, 0.2) is 0 Å². The van der Waals surface area contributed by atoms with Crippen molar-refractivity contribution in [2.45, 2.75) is 65.2 Å². The van der Waals surface area contributed by atoms with Crippen molar-refractivity contribution in [1.82, 2.24) is 15.5 Å². The van der Waals surface area contributed by atoms with Crippen LogP contribution in [0, 0.1) is 0 Å². The molecule has 0 aliphatic rings. The monoisotopic (exact) mass is 362 g/mol. The Morgan fingerprint density at radius 2 is 1.50 bits per heavy atom. The molecule has 0 unspecified atom stereocenters. The number of hydrogen-bond acceptors (Lipinski definition) is 3. The summed E-state index contributed by atoms with van der Waals surface area (Å²) in [6.45, 7) is 9.22. The number of benzene rings is 1. The summed E-state index contributed by atoms with van der Waals surface area (Å²) in [6.07, 6.45) is 0.298. The SMILES string of the molecule is CC(C)N(C(=O)N[C@@H](C)C(=O)N[C@@H](Cc1ccccc1)C(N)=O)C(C)C. The highest BCUT2D eigenvalue weighted by atomic mass is 16.2. The van der Waals surface area contributed by atoms with Gasteiger partial charge in [0.1, 0.15) is 12.1 Å². The Bertz CT molecular complexity index is 608. The minimum Gasteiger partial charge on any atom is -0.368 e. The molecule has 1 rings (SSSR count). The highest BCUT2D eigenvalue weighted by Crippen LogP contribution is 2.06. The highest BCUT2D eigenvalue weighted by molar-refractivity contribution is 5.91. The van der Waals surface area contributed by atoms with Crippen molar-refractivity contribution in [1.29, 1.82) is 0 Å². The van der Waals surface area contributed by atoms with Crippen LogP contribution in [0.15, 0.2) is 30.3 Å². The number of urea groups is 1. The van der Waals surface area contributed by atoms with E-state index < -0.39 is 23.9 Å². The molecule has 7 heteroatoms. The van der Waals surface area contributed by atoms with Crippen LogP contribution in [0.3, 0.4) is 0 Å². The van der Waals surface area contributed by atoms with Crippen molar-refractivity contribution < 1.29 is 14.4 Å². The summed E-state index contributed by atoms with van der Waals surface area (Å²) in [5.41, 5.74) is 6.30. The summed E-state index contributed by atoms with van der Waals surface area (Å²) in [5.74, 6) is -1.07. The van der Waals surface area contributed by atoms with Crippen molar-refractivity contribution in [3.63, 3.8) is 0 Å². The molecule has 4 amide bonds. The fourth-order valence-corrected chi connectivity index (χ4v) is 2.76. The summed E-state index contributed by atoms with van der Waals surface area (Å²) in [7, 11) is 0. The predicted molar refractivity (Wildman–Crippen MR) is 101 cm³/mol. The van der Waals surface area contributed by atoms with Crippen LogP contribution in [0.5, 0.6) is 0 Å². The maximum absolute atomic E-state index is 12.4. The molecule has 26 heavy (non-hydrogen) atoms. The Morgan fingerprint density at radius 3 is 1.96 bits per heavy atom. The first-order valence-corrected chi connectivity index (χ1v) is 8.85. The minimum absolute atomic E-state index is 0.00158. The standard InChI is InChI=1S/C19H30N4O3/c1-12(2)23(13(3)4)19(26)21-14(5)18(25)22-16(17(20)24)11-15-9-7-6-8-10-15/h6-10,12-14,16H,11H2,1-5H3,(H2,20,24)(H,21,26)(H,22,25)/t14-,16-/m0/s1. The fraction of sp³-hybridized carbons (Fsp3) is 0.526. The number of rotatable bonds is 8. The molecule has 0 heterocycles. The molecule has 0 saturated carbocycles. The molecule has 0 fully saturated rings. The molecule has 0 bridgehead atoms. The summed E-state index contributed by atoms with van der Waals surface area (Å²) in [6, 6.07) is 7.34. The van der Waals surface area contributed by atoms with Gasteiger partial charge in [-0.15, -0.1) is 0 Å². The van der Waals surface area contributed by atoms with Crippen LogP contribution in [-0.4, -0.2) is 46.9 Å². The molecule has 0 saturated heterocycles. The van der Waals surface area contributed by atoms with Gasteiger partial charge < -0.3 is 21.3 Å². The van der Waals surface area contributed by atoms with Gasteiger partial charge in [-0.2, -0.15) is 0 Å². The molecule has 0 aliphatic carbocycles. The first-order chi connectivity index (χ1) is 12.1. The van der Waals surface area contributed by atoms with Gasteiger partial charge in [-0.1, -0.05) is 30.3 Å². The Labute approximate surface area is 155 Å². The smallest absolute Gasteiger partial charge is 0.318 e. The lowest BCUT2D eigenvalue weighted by atomic mass is 10.1. The lowest BCUT2D eigenvalue weighted by Crippen LogP contribution is -2.56. The summed E-state index contributed by atoms with van der Waals surface area (Å²) < 4.78 is 0. The van der Waals surface area contributed by atoms with Gasteiger partial charge in [0.2, 0.25) is 11.8 Å². The molecule has 0 spiro atoms. The van der Waals surface area contributed by atoms with Crippen LogP contribution in [0.2, 0.25) is 0 Å². The second-order valence-corrected chi connectivity index (χ2v) is 6.92. The van der Waals surface area contributed by atoms with E-state index >= 15 is 0 Å². The molecule has 2 atom stereocenters. The van der Waals surface area contributed by atoms with Gasteiger partial charge in [0, 0.05) is 18.5 Å². The van der Waals surface area contributed by atoms with E-state index in [1.54, 1.807) is 11.8 Å². The van der Waals surface area contributed by atoms with Crippen molar-refractivity contribution in [2.24, 2.45) is 5.73 Å². The number of nitrogens with two attached hydrogens (primary N) is 1. The van der Waals surface area contributed by atoms with Gasteiger partial charge in [-0.25, -0.2) is 4.79 Å². The lowest BCUT2D eigenvalue weighted by Gasteiger charge is -2.32. The minimum atomic E-state index is -0.837. The zero-order chi connectivity index (χ0) is 19.9. The Hall–Kier alpha value is -2.57. The van der Waals surface area contributed by atoms with Gasteiger partial charge in [-0.3, -0.25) is 9.59 Å². The second-order valence-electron chi connectivity index (χ2n) is 6.92. The molecular weight excluding hydrogens is 332 g/mol. The molecule has 1 aromatic carbocycles. The Kier molecular flexibility index (Phi) is 8.09. The maximum atomic E-state index is 12.4. The third-order valence-electron chi connectivity index (χ3n) is 4.02. The van der Waals surface area contributed by atoms with Gasteiger partial charge >= 0.3 is 6.03 Å². The average Bonchev–Trinajstić information content (AvgIpc) is 2.54. The maximum Gasteiger partial charge on any atom is 0.318 e. The summed E-state index contributed by atoms with van der Waals surface area (Å²) >= 11 is 0. The van der Waals surface area contributed by atoms with E-state index in [2.05, 4.69) is 10.6 Å². The average molecular weight is 362 g/mol. The molecule has 7 nitrogen and oxygen atoms in total. The van der Waals surface area contributed by atoms with Crippen molar-refractivity contribution in [2.75, 3.05) is 0 Å². The van der Waals surface area contributed by atoms with Gasteiger partial charge in [-0.05, 0) is 40.2 Å². The van der Waals surface area contributed by atoms with E-state index in [0.717, 1.165) is 5.56 Å². The first-order valence-electron chi connectivity index (χ1n) is 8.85. The molecule has 0 aromatic heterocycles. The topological polar surface area (TPSA) is 105 Å². The zero-order valence-electron chi connectivity index (χ0n) is 16.2. The Morgan fingerprint density at radius 1 is 0.962 bits per heavy atom. The number of amides is 4. The van der Waals surface area contributed by atoms with E-state index in [1.807, 2.05) is 58.0 Å². The van der Waals surface area contributed by atoms with Crippen LogP contribution in [-0.2, 0) is 16.0 Å². The second kappa shape index (κ2) is 9.79. The number of carbonyl (C=O) groups excluding carboxylic acids is 3. The van der Waals surface area contributed by atoms with Crippen LogP contribution in [0.25, 0.3) is 0 Å². The molecule has 4 N–H and O–H groups in total. The van der Waals surface area contributed by atoms with Crippen molar-refractivity contribution in [3.8, 4) is 0 Å². The number of carbonyl (C=O) groups is 3. The van der Waals surface area contributed by atoms with Gasteiger partial charge in [0.25, 0.3) is 0 Å². The van der Waals surface area contributed by atoms with Gasteiger partial charge in [0.05, 0.1) is 0 Å². The van der Waals surface area contributed by atoms with Crippen molar-refractivity contribution in [3.05, 3.63) is 35.9 Å². The number of nitrogens with one attached hydrogen (secondary N) is 2. The van der Waals surface area contributed by atoms with Crippen LogP contribution in [0.4, 0.5) is 4.79 Å². The molecule has 1 aromatic rings. The summed E-state index contributed by atoms with van der Waals surface area (Å²) in [5, 5.41) is 5.29. The molecular formula is C19H30N4O3. The third-order valence-corrected chi connectivity index (χ3v) is 4.02. The fourth-order valence-electron chi connectivity index (χ4n) is 2.76. The van der Waals surface area contributed by atoms with Crippen LogP contribution < -0.4 is 16.4 Å². The van der Waals surface area contributed by atoms with Crippen LogP contribution >= 0.6 is 0 Å². The van der Waals surface area contributed by atoms with E-state index in [0.29, 0.717) is 6.42 Å². The largest absolute Gasteiger partial charge is 0.368 e. The predicted octanol–water partition coefficient (Wildman–Crippen LogP) is 1.42. The van der Waals surface area contributed by atoms with Crippen molar-refractivity contribution >= 4 is 17.8 Å².